The highest BCUT2D eigenvalue weighted by Gasteiger charge is 2.14. The second-order valence-corrected chi connectivity index (χ2v) is 7.22. The van der Waals surface area contributed by atoms with Gasteiger partial charge in [0, 0.05) is 29.2 Å². The lowest BCUT2D eigenvalue weighted by Gasteiger charge is -2.24. The van der Waals surface area contributed by atoms with Crippen LogP contribution in [0.1, 0.15) is 23.4 Å². The maximum Gasteiger partial charge on any atom is 0.180 e. The molecule has 0 saturated heterocycles. The van der Waals surface area contributed by atoms with Crippen LogP contribution in [0.2, 0.25) is 0 Å². The molecule has 0 radical (unpaired) electrons. The first kappa shape index (κ1) is 20.2. The number of methoxy groups -OCH3 is 1. The number of anilines is 1. The topological polar surface area (TPSA) is 51.4 Å². The van der Waals surface area contributed by atoms with Crippen LogP contribution < -0.4 is 10.5 Å². The molecule has 1 aromatic heterocycles. The minimum absolute atomic E-state index is 0. The summed E-state index contributed by atoms with van der Waals surface area (Å²) in [5.41, 5.74) is 9.26. The number of hydrogen-bond donors (Lipinski definition) is 1. The van der Waals surface area contributed by atoms with Gasteiger partial charge in [0.15, 0.2) is 5.13 Å². The van der Waals surface area contributed by atoms with E-state index in [-0.39, 0.29) is 12.4 Å². The van der Waals surface area contributed by atoms with E-state index >= 15 is 0 Å². The molecule has 0 amide bonds. The van der Waals surface area contributed by atoms with E-state index in [1.165, 1.54) is 10.4 Å². The average molecular weight is 390 g/mol. The van der Waals surface area contributed by atoms with Gasteiger partial charge in [-0.2, -0.15) is 0 Å². The SMILES string of the molecule is COc1ccccc1-c1ccc(C(C)N(C)Cc2cnc(N)s2)cc1.Cl. The van der Waals surface area contributed by atoms with Crippen LogP contribution in [0, 0.1) is 0 Å². The zero-order valence-electron chi connectivity index (χ0n) is 15.2. The molecule has 3 aromatic rings. The van der Waals surface area contributed by atoms with E-state index in [2.05, 4.69) is 54.2 Å². The Hall–Kier alpha value is -2.08. The molecule has 26 heavy (non-hydrogen) atoms. The van der Waals surface area contributed by atoms with Crippen molar-refractivity contribution in [3.63, 3.8) is 0 Å². The Labute approximate surface area is 165 Å². The summed E-state index contributed by atoms with van der Waals surface area (Å²) in [5, 5.41) is 0.622. The predicted molar refractivity (Wildman–Crippen MR) is 112 cm³/mol. The van der Waals surface area contributed by atoms with Crippen molar-refractivity contribution in [2.75, 3.05) is 19.9 Å². The van der Waals surface area contributed by atoms with Crippen LogP contribution in [0.5, 0.6) is 5.75 Å². The van der Waals surface area contributed by atoms with Crippen molar-refractivity contribution in [1.82, 2.24) is 9.88 Å². The minimum Gasteiger partial charge on any atom is -0.496 e. The molecule has 2 N–H and O–H groups in total. The van der Waals surface area contributed by atoms with E-state index in [0.717, 1.165) is 23.4 Å². The van der Waals surface area contributed by atoms with Crippen molar-refractivity contribution >= 4 is 28.9 Å². The van der Waals surface area contributed by atoms with E-state index in [9.17, 15) is 0 Å². The zero-order valence-corrected chi connectivity index (χ0v) is 16.8. The molecule has 0 fully saturated rings. The maximum atomic E-state index is 5.72. The number of nitrogen functional groups attached to an aromatic ring is 1. The molecule has 3 rings (SSSR count). The first-order valence-corrected chi connectivity index (χ1v) is 9.04. The molecule has 6 heteroatoms. The standard InChI is InChI=1S/C20H23N3OS.ClH/c1-14(23(2)13-17-12-22-20(21)25-17)15-8-10-16(11-9-15)18-6-4-5-7-19(18)24-3;/h4-12,14H,13H2,1-3H3,(H2,21,22);1H. The van der Waals surface area contributed by atoms with Gasteiger partial charge < -0.3 is 10.5 Å². The molecule has 2 aromatic carbocycles. The predicted octanol–water partition coefficient (Wildman–Crippen LogP) is 5.02. The molecule has 138 valence electrons. The molecule has 0 aliphatic carbocycles. The van der Waals surface area contributed by atoms with Crippen LogP contribution >= 0.6 is 23.7 Å². The van der Waals surface area contributed by atoms with Crippen LogP contribution in [0.3, 0.4) is 0 Å². The van der Waals surface area contributed by atoms with Gasteiger partial charge in [0.2, 0.25) is 0 Å². The molecule has 0 aliphatic rings. The number of halogens is 1. The van der Waals surface area contributed by atoms with Crippen molar-refractivity contribution in [1.29, 1.82) is 0 Å². The second kappa shape index (κ2) is 9.03. The van der Waals surface area contributed by atoms with Crippen LogP contribution in [0.15, 0.2) is 54.7 Å². The minimum atomic E-state index is 0. The Kier molecular flexibility index (Phi) is 7.03. The van der Waals surface area contributed by atoms with Crippen molar-refractivity contribution in [2.45, 2.75) is 19.5 Å². The Balaban J connectivity index is 0.00000243. The largest absolute Gasteiger partial charge is 0.496 e. The van der Waals surface area contributed by atoms with Gasteiger partial charge >= 0.3 is 0 Å². The number of hydrogen-bond acceptors (Lipinski definition) is 5. The van der Waals surface area contributed by atoms with Crippen molar-refractivity contribution in [3.8, 4) is 16.9 Å². The van der Waals surface area contributed by atoms with E-state index in [4.69, 9.17) is 10.5 Å². The molecule has 4 nitrogen and oxygen atoms in total. The van der Waals surface area contributed by atoms with Crippen molar-refractivity contribution < 1.29 is 4.74 Å². The third-order valence-corrected chi connectivity index (χ3v) is 5.26. The number of ether oxygens (including phenoxy) is 1. The first-order chi connectivity index (χ1) is 12.1. The number of thiazole rings is 1. The van der Waals surface area contributed by atoms with E-state index in [1.807, 2.05) is 24.4 Å². The van der Waals surface area contributed by atoms with Gasteiger partial charge in [-0.3, -0.25) is 4.90 Å². The summed E-state index contributed by atoms with van der Waals surface area (Å²) < 4.78 is 5.46. The number of benzene rings is 2. The Morgan fingerprint density at radius 3 is 2.46 bits per heavy atom. The summed E-state index contributed by atoms with van der Waals surface area (Å²) in [5.74, 6) is 0.892. The Bertz CT molecular complexity index is 835. The van der Waals surface area contributed by atoms with E-state index in [1.54, 1.807) is 18.4 Å². The summed E-state index contributed by atoms with van der Waals surface area (Å²) in [7, 11) is 3.82. The lowest BCUT2D eigenvalue weighted by molar-refractivity contribution is 0.255. The molecular weight excluding hydrogens is 366 g/mol. The van der Waals surface area contributed by atoms with Gasteiger partial charge in [-0.1, -0.05) is 42.5 Å². The summed E-state index contributed by atoms with van der Waals surface area (Å²) >= 11 is 1.54. The van der Waals surface area contributed by atoms with Gasteiger partial charge in [0.05, 0.1) is 7.11 Å². The monoisotopic (exact) mass is 389 g/mol. The number of nitrogens with two attached hydrogens (primary N) is 1. The van der Waals surface area contributed by atoms with Crippen molar-refractivity contribution in [3.05, 3.63) is 65.2 Å². The number of rotatable bonds is 6. The van der Waals surface area contributed by atoms with Gasteiger partial charge in [-0.15, -0.1) is 23.7 Å². The van der Waals surface area contributed by atoms with Crippen LogP contribution in [0.4, 0.5) is 5.13 Å². The molecule has 0 saturated carbocycles. The molecule has 1 unspecified atom stereocenters. The van der Waals surface area contributed by atoms with Gasteiger partial charge in [0.25, 0.3) is 0 Å². The third-order valence-electron chi connectivity index (χ3n) is 4.45. The Morgan fingerprint density at radius 1 is 1.15 bits per heavy atom. The second-order valence-electron chi connectivity index (χ2n) is 6.08. The lowest BCUT2D eigenvalue weighted by Crippen LogP contribution is -2.21. The number of aromatic nitrogens is 1. The summed E-state index contributed by atoms with van der Waals surface area (Å²) in [6, 6.07) is 17.1. The number of nitrogens with zero attached hydrogens (tertiary/aromatic N) is 2. The van der Waals surface area contributed by atoms with Crippen LogP contribution in [0.25, 0.3) is 11.1 Å². The smallest absolute Gasteiger partial charge is 0.180 e. The molecular formula is C20H24ClN3OS. The normalized spacial score (nSPS) is 11.8. The average Bonchev–Trinajstić information content (AvgIpc) is 3.06. The highest BCUT2D eigenvalue weighted by Crippen LogP contribution is 2.31. The highest BCUT2D eigenvalue weighted by atomic mass is 35.5. The first-order valence-electron chi connectivity index (χ1n) is 8.22. The fraction of sp³-hybridized carbons (Fsp3) is 0.250. The van der Waals surface area contributed by atoms with E-state index in [0.29, 0.717) is 11.2 Å². The maximum absolute atomic E-state index is 5.72. The summed E-state index contributed by atoms with van der Waals surface area (Å²) in [4.78, 5) is 7.60. The molecule has 0 bridgehead atoms. The Morgan fingerprint density at radius 2 is 1.85 bits per heavy atom. The quantitative estimate of drug-likeness (QED) is 0.643. The summed E-state index contributed by atoms with van der Waals surface area (Å²) in [6.07, 6.45) is 1.86. The highest BCUT2D eigenvalue weighted by molar-refractivity contribution is 7.15. The van der Waals surface area contributed by atoms with Crippen molar-refractivity contribution in [2.24, 2.45) is 0 Å². The van der Waals surface area contributed by atoms with Gasteiger partial charge in [0.1, 0.15) is 5.75 Å². The van der Waals surface area contributed by atoms with Gasteiger partial charge in [-0.25, -0.2) is 4.98 Å². The fourth-order valence-corrected chi connectivity index (χ4v) is 3.60. The molecule has 0 aliphatic heterocycles. The fourth-order valence-electron chi connectivity index (χ4n) is 2.86. The summed E-state index contributed by atoms with van der Waals surface area (Å²) in [6.45, 7) is 3.05. The number of para-hydroxylation sites is 1. The zero-order chi connectivity index (χ0) is 17.8. The van der Waals surface area contributed by atoms with Crippen LogP contribution in [-0.2, 0) is 6.54 Å². The molecule has 1 heterocycles. The third kappa shape index (κ3) is 4.55. The van der Waals surface area contributed by atoms with E-state index < -0.39 is 0 Å². The molecule has 1 atom stereocenters. The van der Waals surface area contributed by atoms with Crippen LogP contribution in [-0.4, -0.2) is 24.0 Å². The van der Waals surface area contributed by atoms with Gasteiger partial charge in [-0.05, 0) is 31.2 Å². The lowest BCUT2D eigenvalue weighted by atomic mass is 10.00. The molecule has 0 spiro atoms.